The zero-order valence-electron chi connectivity index (χ0n) is 9.08. The number of likely N-dealkylation sites (N-methyl/N-ethyl adjacent to an activating group) is 1. The molecule has 0 spiro atoms. The van der Waals surface area contributed by atoms with Crippen molar-refractivity contribution in [3.63, 3.8) is 0 Å². The quantitative estimate of drug-likeness (QED) is 0.629. The van der Waals surface area contributed by atoms with Gasteiger partial charge in [-0.1, -0.05) is 0 Å². The summed E-state index contributed by atoms with van der Waals surface area (Å²) < 4.78 is 5.19. The molecule has 0 radical (unpaired) electrons. The fourth-order valence-electron chi connectivity index (χ4n) is 3.01. The van der Waals surface area contributed by atoms with Gasteiger partial charge in [0, 0.05) is 6.04 Å². The average molecular weight is 197 g/mol. The fourth-order valence-corrected chi connectivity index (χ4v) is 3.01. The molecule has 3 heteroatoms. The van der Waals surface area contributed by atoms with Crippen LogP contribution in [0.5, 0.6) is 0 Å². The molecule has 3 nitrogen and oxygen atoms in total. The van der Waals surface area contributed by atoms with Gasteiger partial charge in [0.15, 0.2) is 0 Å². The lowest BCUT2D eigenvalue weighted by Gasteiger charge is -2.40. The van der Waals surface area contributed by atoms with Crippen LogP contribution in [0.2, 0.25) is 0 Å². The van der Waals surface area contributed by atoms with Crippen LogP contribution in [0.3, 0.4) is 0 Å². The molecule has 2 saturated heterocycles. The molecule has 0 unspecified atom stereocenters. The van der Waals surface area contributed by atoms with Gasteiger partial charge in [-0.2, -0.15) is 0 Å². The highest BCUT2D eigenvalue weighted by Crippen LogP contribution is 2.43. The van der Waals surface area contributed by atoms with Crippen LogP contribution in [-0.2, 0) is 9.53 Å². The van der Waals surface area contributed by atoms with Crippen LogP contribution in [0.4, 0.5) is 0 Å². The normalized spacial score (nSPS) is 37.1. The number of nitrogens with zero attached hydrogens (tertiary/aromatic N) is 1. The second kappa shape index (κ2) is 3.54. The lowest BCUT2D eigenvalue weighted by atomic mass is 9.89. The molecule has 0 amide bonds. The molecule has 0 saturated carbocycles. The number of esters is 1. The Morgan fingerprint density at radius 1 is 1.50 bits per heavy atom. The maximum Gasteiger partial charge on any atom is 0.326 e. The third-order valence-electron chi connectivity index (χ3n) is 3.90. The van der Waals surface area contributed by atoms with E-state index in [1.54, 1.807) is 0 Å². The van der Waals surface area contributed by atoms with E-state index in [0.717, 1.165) is 19.3 Å². The third kappa shape index (κ3) is 1.26. The third-order valence-corrected chi connectivity index (χ3v) is 3.90. The van der Waals surface area contributed by atoms with Crippen molar-refractivity contribution < 1.29 is 9.53 Å². The monoisotopic (exact) mass is 197 g/mol. The average Bonchev–Trinajstić information content (AvgIpc) is 2.40. The Kier molecular flexibility index (Phi) is 2.52. The molecular weight excluding hydrogens is 178 g/mol. The zero-order chi connectivity index (χ0) is 10.2. The maximum absolute atomic E-state index is 11.9. The van der Waals surface area contributed by atoms with Crippen LogP contribution in [-0.4, -0.2) is 36.1 Å². The number of hydrogen-bond acceptors (Lipinski definition) is 3. The van der Waals surface area contributed by atoms with Crippen LogP contribution < -0.4 is 0 Å². The van der Waals surface area contributed by atoms with Gasteiger partial charge in [0.05, 0.1) is 6.61 Å². The smallest absolute Gasteiger partial charge is 0.326 e. The summed E-state index contributed by atoms with van der Waals surface area (Å²) >= 11 is 0. The van der Waals surface area contributed by atoms with E-state index in [0.29, 0.717) is 12.6 Å². The van der Waals surface area contributed by atoms with Gasteiger partial charge < -0.3 is 4.74 Å². The summed E-state index contributed by atoms with van der Waals surface area (Å²) in [5.41, 5.74) is -0.265. The molecule has 0 aromatic heterocycles. The summed E-state index contributed by atoms with van der Waals surface area (Å²) in [4.78, 5) is 14.2. The predicted molar refractivity (Wildman–Crippen MR) is 54.0 cm³/mol. The molecule has 2 aliphatic heterocycles. The van der Waals surface area contributed by atoms with Crippen molar-refractivity contribution in [2.24, 2.45) is 0 Å². The summed E-state index contributed by atoms with van der Waals surface area (Å²) in [6.07, 6.45) is 5.56. The van der Waals surface area contributed by atoms with Crippen LogP contribution in [0.1, 0.15) is 39.0 Å². The van der Waals surface area contributed by atoms with Crippen LogP contribution in [0.15, 0.2) is 0 Å². The molecule has 0 aliphatic carbocycles. The Hall–Kier alpha value is -0.570. The number of carbonyl (C=O) groups is 1. The summed E-state index contributed by atoms with van der Waals surface area (Å²) in [5, 5.41) is 0. The Bertz CT molecular complexity index is 237. The molecule has 0 aromatic carbocycles. The van der Waals surface area contributed by atoms with Crippen LogP contribution in [0, 0.1) is 0 Å². The van der Waals surface area contributed by atoms with E-state index in [-0.39, 0.29) is 11.5 Å². The minimum absolute atomic E-state index is 0.00435. The topological polar surface area (TPSA) is 29.5 Å². The molecule has 2 atom stereocenters. The maximum atomic E-state index is 11.9. The van der Waals surface area contributed by atoms with Gasteiger partial charge in [0.25, 0.3) is 0 Å². The van der Waals surface area contributed by atoms with E-state index in [4.69, 9.17) is 4.74 Å². The van der Waals surface area contributed by atoms with Gasteiger partial charge in [-0.25, -0.2) is 0 Å². The van der Waals surface area contributed by atoms with E-state index in [1.807, 2.05) is 6.92 Å². The second-order valence-electron chi connectivity index (χ2n) is 4.45. The minimum Gasteiger partial charge on any atom is -0.465 e. The van der Waals surface area contributed by atoms with Crippen molar-refractivity contribution in [1.82, 2.24) is 4.90 Å². The van der Waals surface area contributed by atoms with Crippen molar-refractivity contribution in [2.75, 3.05) is 13.7 Å². The molecule has 0 aromatic rings. The molecular formula is C11H19NO2. The number of carbonyl (C=O) groups excluding carboxylic acids is 1. The highest BCUT2D eigenvalue weighted by Gasteiger charge is 2.52. The van der Waals surface area contributed by atoms with E-state index in [9.17, 15) is 4.79 Å². The zero-order valence-corrected chi connectivity index (χ0v) is 9.08. The minimum atomic E-state index is -0.265. The van der Waals surface area contributed by atoms with Gasteiger partial charge in [0.1, 0.15) is 5.54 Å². The van der Waals surface area contributed by atoms with E-state index in [1.165, 1.54) is 12.8 Å². The van der Waals surface area contributed by atoms with Gasteiger partial charge in [-0.05, 0) is 46.1 Å². The number of ether oxygens (including phenoxy) is 1. The van der Waals surface area contributed by atoms with Crippen molar-refractivity contribution in [3.8, 4) is 0 Å². The molecule has 2 heterocycles. The molecule has 2 rings (SSSR count). The first kappa shape index (κ1) is 9.97. The van der Waals surface area contributed by atoms with Crippen molar-refractivity contribution >= 4 is 5.97 Å². The highest BCUT2D eigenvalue weighted by molar-refractivity contribution is 5.81. The highest BCUT2D eigenvalue weighted by atomic mass is 16.5. The lowest BCUT2D eigenvalue weighted by Crippen LogP contribution is -2.54. The first-order valence-corrected chi connectivity index (χ1v) is 5.61. The molecule has 14 heavy (non-hydrogen) atoms. The van der Waals surface area contributed by atoms with Gasteiger partial charge in [-0.3, -0.25) is 9.69 Å². The summed E-state index contributed by atoms with van der Waals surface area (Å²) in [7, 11) is 2.08. The standard InChI is InChI=1S/C11H19NO2/c1-3-14-10(13)11-7-4-5-9(6-8-11)12(11)2/h9H,3-8H2,1-2H3/t9-,11+/m1/s1. The molecule has 80 valence electrons. The largest absolute Gasteiger partial charge is 0.465 e. The number of hydrogen-bond donors (Lipinski definition) is 0. The Morgan fingerprint density at radius 3 is 3.00 bits per heavy atom. The fraction of sp³-hybridized carbons (Fsp3) is 0.909. The first-order chi connectivity index (χ1) is 6.70. The predicted octanol–water partition coefficient (Wildman–Crippen LogP) is 1.57. The van der Waals surface area contributed by atoms with E-state index in [2.05, 4.69) is 11.9 Å². The second-order valence-corrected chi connectivity index (χ2v) is 4.45. The first-order valence-electron chi connectivity index (χ1n) is 5.61. The molecule has 0 N–H and O–H groups in total. The lowest BCUT2D eigenvalue weighted by molar-refractivity contribution is -0.158. The van der Waals surface area contributed by atoms with Crippen molar-refractivity contribution in [3.05, 3.63) is 0 Å². The Morgan fingerprint density at radius 2 is 2.29 bits per heavy atom. The molecule has 2 bridgehead atoms. The van der Waals surface area contributed by atoms with Gasteiger partial charge >= 0.3 is 5.97 Å². The SMILES string of the molecule is CCOC(=O)[C@]12CCC[C@H](CC1)N2C. The Balaban J connectivity index is 2.17. The van der Waals surface area contributed by atoms with Crippen molar-refractivity contribution in [1.29, 1.82) is 0 Å². The van der Waals surface area contributed by atoms with Crippen molar-refractivity contribution in [2.45, 2.75) is 50.6 Å². The van der Waals surface area contributed by atoms with Gasteiger partial charge in [0.2, 0.25) is 0 Å². The van der Waals surface area contributed by atoms with Gasteiger partial charge in [-0.15, -0.1) is 0 Å². The number of rotatable bonds is 2. The summed E-state index contributed by atoms with van der Waals surface area (Å²) in [6, 6.07) is 0.619. The van der Waals surface area contributed by atoms with Crippen LogP contribution >= 0.6 is 0 Å². The van der Waals surface area contributed by atoms with E-state index < -0.39 is 0 Å². The Labute approximate surface area is 85.4 Å². The number of piperidine rings is 1. The molecule has 2 aliphatic rings. The van der Waals surface area contributed by atoms with E-state index >= 15 is 0 Å². The summed E-state index contributed by atoms with van der Waals surface area (Å²) in [5.74, 6) is 0.00435. The summed E-state index contributed by atoms with van der Waals surface area (Å²) in [6.45, 7) is 2.38. The number of fused-ring (bicyclic) bond motifs is 2. The van der Waals surface area contributed by atoms with Crippen LogP contribution in [0.25, 0.3) is 0 Å². The molecule has 2 fully saturated rings.